The summed E-state index contributed by atoms with van der Waals surface area (Å²) in [5.41, 5.74) is 1.57. The number of methoxy groups -OCH3 is 1. The molecule has 26 heavy (non-hydrogen) atoms. The molecule has 0 radical (unpaired) electrons. The molecular weight excluding hydrogens is 334 g/mol. The first-order valence-corrected chi connectivity index (χ1v) is 8.10. The fraction of sp³-hybridized carbons (Fsp3) is 0.250. The van der Waals surface area contributed by atoms with Crippen molar-refractivity contribution in [2.45, 2.75) is 19.6 Å². The van der Waals surface area contributed by atoms with Gasteiger partial charge in [-0.2, -0.15) is 0 Å². The van der Waals surface area contributed by atoms with Crippen molar-refractivity contribution < 1.29 is 23.9 Å². The number of carbonyl (C=O) groups is 3. The zero-order valence-corrected chi connectivity index (χ0v) is 15.0. The molecule has 0 saturated carbocycles. The van der Waals surface area contributed by atoms with Crippen LogP contribution in [0.4, 0.5) is 0 Å². The van der Waals surface area contributed by atoms with E-state index < -0.39 is 18.0 Å². The first kappa shape index (κ1) is 19.2. The van der Waals surface area contributed by atoms with Gasteiger partial charge in [0.1, 0.15) is 0 Å². The van der Waals surface area contributed by atoms with Crippen molar-refractivity contribution in [3.05, 3.63) is 71.3 Å². The monoisotopic (exact) mass is 355 g/mol. The van der Waals surface area contributed by atoms with Crippen LogP contribution in [-0.2, 0) is 20.8 Å². The van der Waals surface area contributed by atoms with Gasteiger partial charge in [0, 0.05) is 13.6 Å². The lowest BCUT2D eigenvalue weighted by atomic mass is 10.1. The molecule has 136 valence electrons. The van der Waals surface area contributed by atoms with Crippen LogP contribution in [0.3, 0.4) is 0 Å². The molecule has 6 heteroatoms. The van der Waals surface area contributed by atoms with E-state index in [9.17, 15) is 14.4 Å². The Bertz CT molecular complexity index is 771. The molecule has 2 aromatic carbocycles. The van der Waals surface area contributed by atoms with E-state index in [1.54, 1.807) is 7.05 Å². The molecule has 1 unspecified atom stereocenters. The summed E-state index contributed by atoms with van der Waals surface area (Å²) in [5, 5.41) is 0. The van der Waals surface area contributed by atoms with Gasteiger partial charge in [-0.15, -0.1) is 0 Å². The fourth-order valence-electron chi connectivity index (χ4n) is 2.38. The highest BCUT2D eigenvalue weighted by molar-refractivity contribution is 5.94. The number of esters is 2. The summed E-state index contributed by atoms with van der Waals surface area (Å²) in [4.78, 5) is 37.5. The van der Waals surface area contributed by atoms with E-state index in [4.69, 9.17) is 4.74 Å². The van der Waals surface area contributed by atoms with Gasteiger partial charge in [-0.05, 0) is 36.8 Å². The van der Waals surface area contributed by atoms with Crippen LogP contribution in [0, 0.1) is 0 Å². The van der Waals surface area contributed by atoms with Crippen molar-refractivity contribution in [2.24, 2.45) is 0 Å². The molecule has 0 aliphatic heterocycles. The van der Waals surface area contributed by atoms with Crippen LogP contribution in [-0.4, -0.2) is 43.0 Å². The quantitative estimate of drug-likeness (QED) is 0.745. The summed E-state index contributed by atoms with van der Waals surface area (Å²) in [7, 11) is 2.94. The van der Waals surface area contributed by atoms with Gasteiger partial charge in [-0.3, -0.25) is 4.79 Å². The van der Waals surface area contributed by atoms with Crippen LogP contribution >= 0.6 is 0 Å². The van der Waals surface area contributed by atoms with Gasteiger partial charge in [-0.25, -0.2) is 9.59 Å². The second-order valence-corrected chi connectivity index (χ2v) is 5.80. The lowest BCUT2D eigenvalue weighted by Gasteiger charge is -2.21. The third kappa shape index (κ3) is 4.92. The van der Waals surface area contributed by atoms with Crippen LogP contribution < -0.4 is 0 Å². The predicted molar refractivity (Wildman–Crippen MR) is 95.6 cm³/mol. The number of benzene rings is 2. The maximum absolute atomic E-state index is 12.4. The summed E-state index contributed by atoms with van der Waals surface area (Å²) in [6, 6.07) is 15.4. The van der Waals surface area contributed by atoms with E-state index in [0.717, 1.165) is 5.56 Å². The van der Waals surface area contributed by atoms with Crippen molar-refractivity contribution in [2.75, 3.05) is 14.2 Å². The number of carbonyl (C=O) groups excluding carboxylic acids is 3. The molecule has 6 nitrogen and oxygen atoms in total. The number of hydrogen-bond donors (Lipinski definition) is 0. The summed E-state index contributed by atoms with van der Waals surface area (Å²) in [6.07, 6.45) is -0.920. The molecule has 0 aromatic heterocycles. The number of amides is 1. The van der Waals surface area contributed by atoms with Crippen LogP contribution in [0.1, 0.15) is 33.2 Å². The second kappa shape index (κ2) is 8.80. The van der Waals surface area contributed by atoms with Gasteiger partial charge >= 0.3 is 11.9 Å². The van der Waals surface area contributed by atoms with Crippen LogP contribution in [0.5, 0.6) is 0 Å². The van der Waals surface area contributed by atoms with Crippen molar-refractivity contribution in [1.29, 1.82) is 0 Å². The highest BCUT2D eigenvalue weighted by Gasteiger charge is 2.22. The average Bonchev–Trinajstić information content (AvgIpc) is 2.67. The lowest BCUT2D eigenvalue weighted by Crippen LogP contribution is -2.37. The Morgan fingerprint density at radius 2 is 1.46 bits per heavy atom. The Hall–Kier alpha value is -3.15. The van der Waals surface area contributed by atoms with Gasteiger partial charge in [0.05, 0.1) is 18.2 Å². The third-order valence-electron chi connectivity index (χ3n) is 3.81. The third-order valence-corrected chi connectivity index (χ3v) is 3.81. The Kier molecular flexibility index (Phi) is 6.49. The standard InChI is InChI=1S/C20H21NO5/c1-14(18(22)21(2)13-15-7-5-4-6-8-15)26-20(24)17-11-9-16(10-12-17)19(23)25-3/h4-12,14H,13H2,1-3H3. The molecule has 2 aromatic rings. The van der Waals surface area contributed by atoms with Gasteiger partial charge in [-0.1, -0.05) is 30.3 Å². The molecule has 0 saturated heterocycles. The van der Waals surface area contributed by atoms with Gasteiger partial charge < -0.3 is 14.4 Å². The Labute approximate surface area is 152 Å². The van der Waals surface area contributed by atoms with E-state index >= 15 is 0 Å². The Morgan fingerprint density at radius 1 is 0.923 bits per heavy atom. The molecule has 0 heterocycles. The highest BCUT2D eigenvalue weighted by atomic mass is 16.5. The SMILES string of the molecule is COC(=O)c1ccc(C(=O)OC(C)C(=O)N(C)Cc2ccccc2)cc1. The van der Waals surface area contributed by atoms with Crippen LogP contribution in [0.25, 0.3) is 0 Å². The van der Waals surface area contributed by atoms with Gasteiger partial charge in [0.2, 0.25) is 0 Å². The lowest BCUT2D eigenvalue weighted by molar-refractivity contribution is -0.139. The van der Waals surface area contributed by atoms with Crippen molar-refractivity contribution in [3.63, 3.8) is 0 Å². The molecule has 0 aliphatic rings. The summed E-state index contributed by atoms with van der Waals surface area (Å²) in [5.74, 6) is -1.42. The van der Waals surface area contributed by atoms with E-state index in [-0.39, 0.29) is 11.5 Å². The molecule has 1 amide bonds. The minimum Gasteiger partial charge on any atom is -0.465 e. The summed E-state index contributed by atoms with van der Waals surface area (Å²) >= 11 is 0. The molecular formula is C20H21NO5. The minimum absolute atomic E-state index is 0.253. The Morgan fingerprint density at radius 3 is 2.00 bits per heavy atom. The first-order valence-electron chi connectivity index (χ1n) is 8.10. The summed E-state index contributed by atoms with van der Waals surface area (Å²) in [6.45, 7) is 1.96. The Balaban J connectivity index is 1.95. The highest BCUT2D eigenvalue weighted by Crippen LogP contribution is 2.10. The second-order valence-electron chi connectivity index (χ2n) is 5.80. The normalized spacial score (nSPS) is 11.3. The maximum Gasteiger partial charge on any atom is 0.338 e. The molecule has 0 aliphatic carbocycles. The predicted octanol–water partition coefficient (Wildman–Crippen LogP) is 2.68. The topological polar surface area (TPSA) is 72.9 Å². The molecule has 0 bridgehead atoms. The van der Waals surface area contributed by atoms with Crippen molar-refractivity contribution in [3.8, 4) is 0 Å². The zero-order chi connectivity index (χ0) is 19.1. The first-order chi connectivity index (χ1) is 12.4. The number of ether oxygens (including phenoxy) is 2. The zero-order valence-electron chi connectivity index (χ0n) is 15.0. The van der Waals surface area contributed by atoms with Crippen molar-refractivity contribution in [1.82, 2.24) is 4.90 Å². The molecule has 2 rings (SSSR count). The van der Waals surface area contributed by atoms with Crippen molar-refractivity contribution >= 4 is 17.8 Å². The molecule has 1 atom stereocenters. The van der Waals surface area contributed by atoms with E-state index in [0.29, 0.717) is 12.1 Å². The number of nitrogens with zero attached hydrogens (tertiary/aromatic N) is 1. The van der Waals surface area contributed by atoms with E-state index in [1.807, 2.05) is 30.3 Å². The largest absolute Gasteiger partial charge is 0.465 e. The number of hydrogen-bond acceptors (Lipinski definition) is 5. The molecule has 0 N–H and O–H groups in total. The number of rotatable bonds is 6. The molecule has 0 fully saturated rings. The van der Waals surface area contributed by atoms with Crippen LogP contribution in [0.15, 0.2) is 54.6 Å². The van der Waals surface area contributed by atoms with Gasteiger partial charge in [0.15, 0.2) is 6.10 Å². The fourth-order valence-corrected chi connectivity index (χ4v) is 2.38. The average molecular weight is 355 g/mol. The smallest absolute Gasteiger partial charge is 0.338 e. The van der Waals surface area contributed by atoms with E-state index in [1.165, 1.54) is 43.2 Å². The van der Waals surface area contributed by atoms with E-state index in [2.05, 4.69) is 4.74 Å². The number of likely N-dealkylation sites (N-methyl/N-ethyl adjacent to an activating group) is 1. The maximum atomic E-state index is 12.4. The summed E-state index contributed by atoms with van der Waals surface area (Å²) < 4.78 is 9.84. The van der Waals surface area contributed by atoms with Crippen LogP contribution in [0.2, 0.25) is 0 Å². The minimum atomic E-state index is -0.920. The molecule has 0 spiro atoms. The van der Waals surface area contributed by atoms with Gasteiger partial charge in [0.25, 0.3) is 5.91 Å².